The van der Waals surface area contributed by atoms with Crippen molar-refractivity contribution >= 4 is 5.91 Å². The molecule has 3 N–H and O–H groups in total. The first-order chi connectivity index (χ1) is 20.0. The molecule has 0 saturated carbocycles. The Balaban J connectivity index is 1.31. The number of nitrogens with one attached hydrogen (secondary N) is 1. The van der Waals surface area contributed by atoms with E-state index in [1.807, 2.05) is 0 Å². The zero-order chi connectivity index (χ0) is 29.8. The van der Waals surface area contributed by atoms with E-state index in [1.165, 1.54) is 31.4 Å². The number of amides is 1. The van der Waals surface area contributed by atoms with Gasteiger partial charge in [0, 0.05) is 35.7 Å². The topological polar surface area (TPSA) is 151 Å². The van der Waals surface area contributed by atoms with Gasteiger partial charge in [-0.05, 0) is 31.2 Å². The van der Waals surface area contributed by atoms with Crippen molar-refractivity contribution in [2.75, 3.05) is 20.3 Å². The van der Waals surface area contributed by atoms with Crippen LogP contribution >= 0.6 is 0 Å². The molecule has 1 amide bonds. The van der Waals surface area contributed by atoms with Crippen molar-refractivity contribution in [3.63, 3.8) is 0 Å². The maximum atomic E-state index is 13.9. The molecule has 0 fully saturated rings. The summed E-state index contributed by atoms with van der Waals surface area (Å²) >= 11 is 0. The van der Waals surface area contributed by atoms with E-state index in [0.717, 1.165) is 4.68 Å². The van der Waals surface area contributed by atoms with Crippen LogP contribution < -0.4 is 34.6 Å². The number of aliphatic hydroxyl groups is 2. The molecule has 6 rings (SSSR count). The Morgan fingerprint density at radius 2 is 1.93 bits per heavy atom. The molecule has 4 heterocycles. The largest absolute Gasteiger partial charge is 0.586 e. The number of aromatic nitrogens is 2. The third-order valence-electron chi connectivity index (χ3n) is 7.55. The van der Waals surface area contributed by atoms with Crippen LogP contribution in [0.1, 0.15) is 42.3 Å². The number of alkyl halides is 2. The highest BCUT2D eigenvalue weighted by atomic mass is 19.3. The lowest BCUT2D eigenvalue weighted by molar-refractivity contribution is -0.286. The minimum Gasteiger partial charge on any atom is -0.497 e. The smallest absolute Gasteiger partial charge is 0.497 e. The van der Waals surface area contributed by atoms with Crippen LogP contribution in [0.5, 0.6) is 28.7 Å². The van der Waals surface area contributed by atoms with E-state index in [2.05, 4.69) is 19.9 Å². The van der Waals surface area contributed by atoms with Crippen molar-refractivity contribution in [2.24, 2.45) is 0 Å². The molecule has 3 aliphatic heterocycles. The van der Waals surface area contributed by atoms with Gasteiger partial charge in [0.05, 0.1) is 32.4 Å². The van der Waals surface area contributed by atoms with E-state index >= 15 is 0 Å². The van der Waals surface area contributed by atoms with E-state index < -0.39 is 48.0 Å². The molecule has 0 saturated heterocycles. The summed E-state index contributed by atoms with van der Waals surface area (Å²) in [6.45, 7) is 0.831. The third kappa shape index (κ3) is 4.86. The quantitative estimate of drug-likeness (QED) is 0.374. The monoisotopic (exact) mass is 587 g/mol. The number of carbonyl (C=O) groups is 1. The molecule has 1 aromatic heterocycles. The van der Waals surface area contributed by atoms with Crippen molar-refractivity contribution in [1.29, 1.82) is 0 Å². The van der Waals surface area contributed by atoms with Crippen LogP contribution in [0.15, 0.2) is 47.3 Å². The second-order valence-corrected chi connectivity index (χ2v) is 10.5. The van der Waals surface area contributed by atoms with Crippen LogP contribution in [0, 0.1) is 0 Å². The van der Waals surface area contributed by atoms with Crippen molar-refractivity contribution in [3.8, 4) is 28.7 Å². The van der Waals surface area contributed by atoms with Crippen LogP contribution in [0.4, 0.5) is 8.78 Å². The molecule has 0 bridgehead atoms. The van der Waals surface area contributed by atoms with Gasteiger partial charge < -0.3 is 39.2 Å². The summed E-state index contributed by atoms with van der Waals surface area (Å²) in [7, 11) is 1.50. The zero-order valence-electron chi connectivity index (χ0n) is 22.5. The molecule has 42 heavy (non-hydrogen) atoms. The minimum absolute atomic E-state index is 0.0464. The predicted molar refractivity (Wildman–Crippen MR) is 139 cm³/mol. The minimum atomic E-state index is -3.81. The van der Waals surface area contributed by atoms with Crippen LogP contribution in [0.3, 0.4) is 0 Å². The van der Waals surface area contributed by atoms with Crippen LogP contribution in [-0.4, -0.2) is 58.6 Å². The van der Waals surface area contributed by atoms with Crippen molar-refractivity contribution < 1.29 is 47.5 Å². The predicted octanol–water partition coefficient (Wildman–Crippen LogP) is 1.96. The number of carbonyl (C=O) groups excluding carboxylic acids is 1. The number of ether oxygens (including phenoxy) is 5. The van der Waals surface area contributed by atoms with Crippen molar-refractivity contribution in [1.82, 2.24) is 15.1 Å². The van der Waals surface area contributed by atoms with Gasteiger partial charge in [0.25, 0.3) is 5.56 Å². The Kier molecular flexibility index (Phi) is 6.69. The van der Waals surface area contributed by atoms with E-state index in [9.17, 15) is 28.6 Å². The van der Waals surface area contributed by atoms with Crippen molar-refractivity contribution in [3.05, 3.63) is 69.6 Å². The van der Waals surface area contributed by atoms with E-state index in [0.29, 0.717) is 28.3 Å². The van der Waals surface area contributed by atoms with Crippen LogP contribution in [-0.2, 0) is 16.8 Å². The highest BCUT2D eigenvalue weighted by Gasteiger charge is 2.49. The lowest BCUT2D eigenvalue weighted by atomic mass is 9.82. The summed E-state index contributed by atoms with van der Waals surface area (Å²) < 4.78 is 54.7. The first-order valence-electron chi connectivity index (χ1n) is 13.1. The second-order valence-electron chi connectivity index (χ2n) is 10.5. The molecule has 2 aromatic carbocycles. The highest BCUT2D eigenvalue weighted by molar-refractivity contribution is 5.90. The molecule has 2 unspecified atom stereocenters. The molecule has 3 aliphatic rings. The Labute approximate surface area is 237 Å². The first-order valence-corrected chi connectivity index (χ1v) is 13.1. The van der Waals surface area contributed by atoms with Crippen LogP contribution in [0.25, 0.3) is 0 Å². The van der Waals surface area contributed by atoms with Gasteiger partial charge in [-0.25, -0.2) is 4.68 Å². The summed E-state index contributed by atoms with van der Waals surface area (Å²) in [5.74, 6) is 0.367. The average molecular weight is 588 g/mol. The maximum absolute atomic E-state index is 13.9. The zero-order valence-corrected chi connectivity index (χ0v) is 22.5. The van der Waals surface area contributed by atoms with Gasteiger partial charge in [0.2, 0.25) is 5.91 Å². The van der Waals surface area contributed by atoms with Crippen molar-refractivity contribution in [2.45, 2.75) is 49.8 Å². The number of benzene rings is 2. The Morgan fingerprint density at radius 3 is 2.67 bits per heavy atom. The number of nitrogens with zero attached hydrogens (tertiary/aromatic N) is 2. The highest BCUT2D eigenvalue weighted by Crippen LogP contribution is 2.50. The SMILES string of the molecule is COc1ccc2c(c1)OC(c1ccc(=O)n(C[C@@H](O)CO)n1)C[C@H]2NC(=O)C1(C)COc2cc3c(cc21)OC(F)(F)O3. The fourth-order valence-corrected chi connectivity index (χ4v) is 5.25. The van der Waals surface area contributed by atoms with Gasteiger partial charge in [-0.3, -0.25) is 9.59 Å². The summed E-state index contributed by atoms with van der Waals surface area (Å²) in [4.78, 5) is 26.2. The molecule has 14 heteroatoms. The summed E-state index contributed by atoms with van der Waals surface area (Å²) in [6.07, 6.45) is -5.50. The number of fused-ring (bicyclic) bond motifs is 3. The molecule has 12 nitrogen and oxygen atoms in total. The number of methoxy groups -OCH3 is 1. The standard InChI is InChI=1S/C28H27F2N3O9/c1-27(13-39-21-10-24-23(8-17(21)27)41-28(29,30)42-24)26(37)31-19-9-22(40-20-7-15(38-2)3-4-16(19)20)18-5-6-25(36)33(32-18)11-14(35)12-34/h3-8,10,14,19,22,34-35H,9,11-13H2,1-2H3,(H,31,37)/t14-,19-,22?,27?/m1/s1. The fourth-order valence-electron chi connectivity index (χ4n) is 5.25. The molecule has 0 radical (unpaired) electrons. The fraction of sp³-hybridized carbons (Fsp3) is 0.393. The molecule has 222 valence electrons. The number of hydrogen-bond acceptors (Lipinski definition) is 10. The summed E-state index contributed by atoms with van der Waals surface area (Å²) in [5, 5.41) is 26.4. The molecular formula is C28H27F2N3O9. The summed E-state index contributed by atoms with van der Waals surface area (Å²) in [5.41, 5.74) is -0.327. The van der Waals surface area contributed by atoms with Crippen LogP contribution in [0.2, 0.25) is 0 Å². The Hall–Kier alpha value is -4.43. The summed E-state index contributed by atoms with van der Waals surface area (Å²) in [6, 6.07) is 9.97. The van der Waals surface area contributed by atoms with E-state index in [1.54, 1.807) is 25.1 Å². The van der Waals surface area contributed by atoms with E-state index in [-0.39, 0.29) is 36.8 Å². The normalized spacial score (nSPS) is 23.7. The van der Waals surface area contributed by atoms with Gasteiger partial charge >= 0.3 is 6.29 Å². The Morgan fingerprint density at radius 1 is 1.17 bits per heavy atom. The third-order valence-corrected chi connectivity index (χ3v) is 7.55. The second kappa shape index (κ2) is 10.1. The lowest BCUT2D eigenvalue weighted by Gasteiger charge is -2.34. The molecule has 0 spiro atoms. The average Bonchev–Trinajstić information content (AvgIpc) is 3.46. The molecular weight excluding hydrogens is 560 g/mol. The number of hydrogen-bond donors (Lipinski definition) is 3. The molecule has 3 aromatic rings. The number of rotatable bonds is 7. The van der Waals surface area contributed by atoms with Gasteiger partial charge in [0.15, 0.2) is 11.5 Å². The van der Waals surface area contributed by atoms with Gasteiger partial charge in [-0.15, -0.1) is 8.78 Å². The number of halogens is 2. The Bertz CT molecular complexity index is 1610. The molecule has 4 atom stereocenters. The lowest BCUT2D eigenvalue weighted by Crippen LogP contribution is -2.46. The van der Waals surface area contributed by atoms with Gasteiger partial charge in [-0.2, -0.15) is 5.10 Å². The first kappa shape index (κ1) is 27.7. The maximum Gasteiger partial charge on any atom is 0.586 e. The van der Waals surface area contributed by atoms with Gasteiger partial charge in [-0.1, -0.05) is 0 Å². The van der Waals surface area contributed by atoms with Gasteiger partial charge in [0.1, 0.15) is 41.1 Å². The van der Waals surface area contributed by atoms with E-state index in [4.69, 9.17) is 14.2 Å². The molecule has 0 aliphatic carbocycles. The number of aliphatic hydroxyl groups excluding tert-OH is 2.